The normalized spacial score (nSPS) is 14.5. The number of hydrogen-bond donors (Lipinski definition) is 2. The Morgan fingerprint density at radius 2 is 2.04 bits per heavy atom. The van der Waals surface area contributed by atoms with Crippen LogP contribution in [0.2, 0.25) is 5.02 Å². The number of fused-ring (bicyclic) bond motifs is 2. The topological polar surface area (TPSA) is 48.4 Å². The molecule has 3 aromatic rings. The minimum atomic E-state index is 0.614. The summed E-state index contributed by atoms with van der Waals surface area (Å²) in [6.07, 6.45) is 0.789. The van der Waals surface area contributed by atoms with Crippen molar-refractivity contribution in [3.05, 3.63) is 68.8 Å². The van der Waals surface area contributed by atoms with Gasteiger partial charge in [-0.2, -0.15) is 0 Å². The summed E-state index contributed by atoms with van der Waals surface area (Å²) in [5.74, 6) is 0. The van der Waals surface area contributed by atoms with Gasteiger partial charge >= 0.3 is 0 Å². The molecule has 3 nitrogen and oxygen atoms in total. The molecule has 2 aromatic carbocycles. The third-order valence-electron chi connectivity index (χ3n) is 4.43. The van der Waals surface area contributed by atoms with Crippen LogP contribution < -0.4 is 0 Å². The molecule has 1 aliphatic rings. The lowest BCUT2D eigenvalue weighted by Crippen LogP contribution is -1.97. The number of benzene rings is 2. The third kappa shape index (κ3) is 2.46. The lowest BCUT2D eigenvalue weighted by molar-refractivity contribution is 0.319. The minimum Gasteiger partial charge on any atom is -0.411 e. The van der Waals surface area contributed by atoms with Crippen LogP contribution in [0.3, 0.4) is 0 Å². The van der Waals surface area contributed by atoms with Crippen LogP contribution in [0, 0.1) is 0 Å². The smallest absolute Gasteiger partial charge is 0.0846 e. The maximum absolute atomic E-state index is 9.33. The Balaban J connectivity index is 1.93. The maximum Gasteiger partial charge on any atom is 0.0846 e. The molecule has 0 bridgehead atoms. The van der Waals surface area contributed by atoms with Gasteiger partial charge in [0, 0.05) is 38.1 Å². The highest BCUT2D eigenvalue weighted by atomic mass is 79.9. The van der Waals surface area contributed by atoms with Gasteiger partial charge < -0.3 is 10.2 Å². The quantitative estimate of drug-likeness (QED) is 0.313. The number of hydrogen-bond acceptors (Lipinski definition) is 2. The predicted octanol–water partition coefficient (Wildman–Crippen LogP) is 5.90. The molecule has 24 heavy (non-hydrogen) atoms. The first-order valence-corrected chi connectivity index (χ1v) is 8.73. The summed E-state index contributed by atoms with van der Waals surface area (Å²) in [4.78, 5) is 3.46. The Morgan fingerprint density at radius 3 is 2.83 bits per heavy atom. The zero-order valence-electron chi connectivity index (χ0n) is 12.9. The number of nitrogens with one attached hydrogen (secondary N) is 1. The van der Waals surface area contributed by atoms with Gasteiger partial charge in [-0.15, -0.1) is 0 Å². The predicted molar refractivity (Wildman–Crippen MR) is 103 cm³/mol. The number of aromatic amines is 1. The van der Waals surface area contributed by atoms with E-state index in [4.69, 9.17) is 11.6 Å². The van der Waals surface area contributed by atoms with E-state index in [1.165, 1.54) is 5.56 Å². The van der Waals surface area contributed by atoms with Crippen LogP contribution in [0.1, 0.15) is 23.7 Å². The number of rotatable bonds is 2. The van der Waals surface area contributed by atoms with Gasteiger partial charge in [0.2, 0.25) is 0 Å². The SMILES string of the molecule is C/C(=N\O)C1=C(c2cc3cc(Cl)ccc3[nH]2)Cc2cc(Br)ccc21. The molecule has 0 radical (unpaired) electrons. The largest absolute Gasteiger partial charge is 0.411 e. The van der Waals surface area contributed by atoms with Crippen molar-refractivity contribution in [2.75, 3.05) is 0 Å². The molecule has 1 aliphatic carbocycles. The first-order valence-electron chi connectivity index (χ1n) is 7.56. The van der Waals surface area contributed by atoms with Crippen LogP contribution in [-0.4, -0.2) is 15.9 Å². The average Bonchev–Trinajstić information content (AvgIpc) is 3.14. The summed E-state index contributed by atoms with van der Waals surface area (Å²) >= 11 is 9.63. The number of oxime groups is 1. The first kappa shape index (κ1) is 15.5. The van der Waals surface area contributed by atoms with E-state index in [-0.39, 0.29) is 0 Å². The lowest BCUT2D eigenvalue weighted by Gasteiger charge is -2.06. The van der Waals surface area contributed by atoms with Gasteiger partial charge in [0.05, 0.1) is 5.71 Å². The van der Waals surface area contributed by atoms with Crippen molar-refractivity contribution >= 4 is 55.3 Å². The van der Waals surface area contributed by atoms with E-state index in [1.54, 1.807) is 0 Å². The Hall–Kier alpha value is -2.04. The zero-order chi connectivity index (χ0) is 16.8. The van der Waals surface area contributed by atoms with Gasteiger partial charge in [0.25, 0.3) is 0 Å². The lowest BCUT2D eigenvalue weighted by atomic mass is 10.0. The molecule has 1 heterocycles. The molecule has 5 heteroatoms. The second-order valence-electron chi connectivity index (χ2n) is 5.93. The molecule has 1 aromatic heterocycles. The van der Waals surface area contributed by atoms with Gasteiger partial charge in [-0.25, -0.2) is 0 Å². The molecule has 0 fully saturated rings. The summed E-state index contributed by atoms with van der Waals surface area (Å²) in [6.45, 7) is 1.83. The second kappa shape index (κ2) is 5.80. The van der Waals surface area contributed by atoms with Crippen LogP contribution in [0.25, 0.3) is 22.0 Å². The molecule has 0 atom stereocenters. The molecule has 0 saturated heterocycles. The number of H-pyrrole nitrogens is 1. The summed E-state index contributed by atoms with van der Waals surface area (Å²) in [5, 5.41) is 14.6. The number of nitrogens with zero attached hydrogens (tertiary/aromatic N) is 1. The molecule has 0 unspecified atom stereocenters. The third-order valence-corrected chi connectivity index (χ3v) is 5.15. The van der Waals surface area contributed by atoms with Gasteiger partial charge in [0.15, 0.2) is 0 Å². The van der Waals surface area contributed by atoms with Gasteiger partial charge in [-0.1, -0.05) is 38.8 Å². The average molecular weight is 402 g/mol. The molecule has 0 aliphatic heterocycles. The molecular formula is C19H14BrClN2O. The van der Waals surface area contributed by atoms with Crippen molar-refractivity contribution < 1.29 is 5.21 Å². The van der Waals surface area contributed by atoms with Crippen LogP contribution in [0.5, 0.6) is 0 Å². The van der Waals surface area contributed by atoms with Crippen molar-refractivity contribution in [1.29, 1.82) is 0 Å². The monoisotopic (exact) mass is 400 g/mol. The Labute approximate surface area is 152 Å². The highest BCUT2D eigenvalue weighted by Gasteiger charge is 2.26. The van der Waals surface area contributed by atoms with Gasteiger partial charge in [-0.05, 0) is 60.0 Å². The highest BCUT2D eigenvalue weighted by molar-refractivity contribution is 9.10. The molecule has 120 valence electrons. The molecule has 4 rings (SSSR count). The van der Waals surface area contributed by atoms with E-state index >= 15 is 0 Å². The maximum atomic E-state index is 9.33. The van der Waals surface area contributed by atoms with E-state index in [2.05, 4.69) is 44.3 Å². The molecule has 0 spiro atoms. The molecule has 0 amide bonds. The van der Waals surface area contributed by atoms with E-state index in [0.29, 0.717) is 10.7 Å². The Bertz CT molecular complexity index is 1030. The van der Waals surface area contributed by atoms with Crippen LogP contribution in [-0.2, 0) is 6.42 Å². The van der Waals surface area contributed by atoms with Crippen molar-refractivity contribution in [3.8, 4) is 0 Å². The standard InChI is InChI=1S/C19H14BrClN2O/c1-10(23-24)19-15-4-2-13(20)6-11(15)8-16(19)18-9-12-7-14(21)3-5-17(12)22-18/h2-7,9,22,24H,8H2,1H3/b23-10+. The summed E-state index contributed by atoms with van der Waals surface area (Å²) in [5.41, 5.74) is 7.12. The van der Waals surface area contributed by atoms with Crippen LogP contribution in [0.15, 0.2) is 52.1 Å². The molecular weight excluding hydrogens is 388 g/mol. The Morgan fingerprint density at radius 1 is 1.21 bits per heavy atom. The Kier molecular flexibility index (Phi) is 3.74. The van der Waals surface area contributed by atoms with Crippen molar-refractivity contribution in [3.63, 3.8) is 0 Å². The van der Waals surface area contributed by atoms with E-state index in [9.17, 15) is 5.21 Å². The number of aromatic nitrogens is 1. The van der Waals surface area contributed by atoms with Gasteiger partial charge in [-0.3, -0.25) is 0 Å². The van der Waals surface area contributed by atoms with Crippen molar-refractivity contribution in [2.24, 2.45) is 5.16 Å². The van der Waals surface area contributed by atoms with E-state index < -0.39 is 0 Å². The zero-order valence-corrected chi connectivity index (χ0v) is 15.2. The molecule has 0 saturated carbocycles. The van der Waals surface area contributed by atoms with Crippen molar-refractivity contribution in [2.45, 2.75) is 13.3 Å². The van der Waals surface area contributed by atoms with Crippen LogP contribution in [0.4, 0.5) is 0 Å². The fourth-order valence-corrected chi connectivity index (χ4v) is 3.94. The van der Waals surface area contributed by atoms with Crippen LogP contribution >= 0.6 is 27.5 Å². The fourth-order valence-electron chi connectivity index (χ4n) is 3.35. The van der Waals surface area contributed by atoms with E-state index in [0.717, 1.165) is 44.2 Å². The molecule has 2 N–H and O–H groups in total. The second-order valence-corrected chi connectivity index (χ2v) is 7.28. The summed E-state index contributed by atoms with van der Waals surface area (Å²) in [6, 6.07) is 14.1. The summed E-state index contributed by atoms with van der Waals surface area (Å²) in [7, 11) is 0. The fraction of sp³-hybridized carbons (Fsp3) is 0.105. The van der Waals surface area contributed by atoms with Gasteiger partial charge in [0.1, 0.15) is 0 Å². The minimum absolute atomic E-state index is 0.614. The first-order chi connectivity index (χ1) is 11.6. The highest BCUT2D eigenvalue weighted by Crippen LogP contribution is 2.40. The number of allylic oxidation sites excluding steroid dienone is 2. The number of halogens is 2. The van der Waals surface area contributed by atoms with Crippen molar-refractivity contribution in [1.82, 2.24) is 4.98 Å². The van der Waals surface area contributed by atoms with E-state index in [1.807, 2.05) is 31.2 Å². The summed E-state index contributed by atoms with van der Waals surface area (Å²) < 4.78 is 1.05.